The SMILES string of the molecule is Clc1ccc(-c2cnn(CC3CN4CCC3CC4)c2)cc1. The first-order valence-electron chi connectivity index (χ1n) is 7.79. The lowest BCUT2D eigenvalue weighted by molar-refractivity contribution is 0.0405. The minimum atomic E-state index is 0.769. The molecule has 4 heterocycles. The maximum absolute atomic E-state index is 5.94. The van der Waals surface area contributed by atoms with Crippen molar-refractivity contribution in [1.29, 1.82) is 0 Å². The maximum Gasteiger partial charge on any atom is 0.0568 e. The van der Waals surface area contributed by atoms with Gasteiger partial charge in [0.1, 0.15) is 0 Å². The molecular weight excluding hydrogens is 282 g/mol. The molecule has 0 radical (unpaired) electrons. The van der Waals surface area contributed by atoms with E-state index in [1.54, 1.807) is 0 Å². The summed E-state index contributed by atoms with van der Waals surface area (Å²) in [6.45, 7) is 4.90. The van der Waals surface area contributed by atoms with Gasteiger partial charge in [-0.15, -0.1) is 0 Å². The van der Waals surface area contributed by atoms with E-state index in [9.17, 15) is 0 Å². The van der Waals surface area contributed by atoms with Crippen LogP contribution in [0.5, 0.6) is 0 Å². The monoisotopic (exact) mass is 301 g/mol. The van der Waals surface area contributed by atoms with E-state index < -0.39 is 0 Å². The molecule has 4 heteroatoms. The lowest BCUT2D eigenvalue weighted by Crippen LogP contribution is -2.48. The Hall–Kier alpha value is -1.32. The normalized spacial score (nSPS) is 28.0. The van der Waals surface area contributed by atoms with Crippen LogP contribution in [0.1, 0.15) is 12.8 Å². The standard InChI is InChI=1S/C17H20ClN3/c18-17-3-1-13(2-4-17)15-9-19-21(11-15)12-16-10-20-7-5-14(16)6-8-20/h1-4,9,11,14,16H,5-8,10,12H2. The molecule has 0 spiro atoms. The summed E-state index contributed by atoms with van der Waals surface area (Å²) in [7, 11) is 0. The van der Waals surface area contributed by atoms with Crippen molar-refractivity contribution in [2.24, 2.45) is 11.8 Å². The predicted octanol–water partition coefficient (Wildman–Crippen LogP) is 3.55. The van der Waals surface area contributed by atoms with Crippen molar-refractivity contribution >= 4 is 11.6 Å². The summed E-state index contributed by atoms with van der Waals surface area (Å²) in [5.74, 6) is 1.67. The highest BCUT2D eigenvalue weighted by Gasteiger charge is 2.34. The van der Waals surface area contributed by atoms with Gasteiger partial charge in [-0.2, -0.15) is 5.10 Å². The van der Waals surface area contributed by atoms with Gasteiger partial charge in [-0.3, -0.25) is 4.68 Å². The van der Waals surface area contributed by atoms with Crippen LogP contribution in [0.4, 0.5) is 0 Å². The number of aromatic nitrogens is 2. The molecule has 0 saturated carbocycles. The second-order valence-corrected chi connectivity index (χ2v) is 6.79. The van der Waals surface area contributed by atoms with Gasteiger partial charge in [0.15, 0.2) is 0 Å². The topological polar surface area (TPSA) is 21.1 Å². The molecule has 0 amide bonds. The van der Waals surface area contributed by atoms with Gasteiger partial charge < -0.3 is 4.90 Å². The Bertz CT molecular complexity index is 611. The largest absolute Gasteiger partial charge is 0.303 e. The van der Waals surface area contributed by atoms with Gasteiger partial charge >= 0.3 is 0 Å². The Labute approximate surface area is 130 Å². The van der Waals surface area contributed by atoms with Crippen molar-refractivity contribution < 1.29 is 0 Å². The number of hydrogen-bond acceptors (Lipinski definition) is 2. The lowest BCUT2D eigenvalue weighted by atomic mass is 9.79. The van der Waals surface area contributed by atoms with Crippen LogP contribution in [0, 0.1) is 11.8 Å². The van der Waals surface area contributed by atoms with Crippen molar-refractivity contribution in [3.05, 3.63) is 41.7 Å². The molecule has 1 unspecified atom stereocenters. The van der Waals surface area contributed by atoms with Crippen molar-refractivity contribution in [1.82, 2.24) is 14.7 Å². The number of benzene rings is 1. The minimum Gasteiger partial charge on any atom is -0.303 e. The molecule has 2 bridgehead atoms. The highest BCUT2D eigenvalue weighted by atomic mass is 35.5. The molecule has 21 heavy (non-hydrogen) atoms. The van der Waals surface area contributed by atoms with Crippen LogP contribution >= 0.6 is 11.6 Å². The Morgan fingerprint density at radius 3 is 2.52 bits per heavy atom. The van der Waals surface area contributed by atoms with E-state index in [0.717, 1.165) is 23.4 Å². The van der Waals surface area contributed by atoms with Crippen LogP contribution < -0.4 is 0 Å². The molecule has 3 aliphatic heterocycles. The van der Waals surface area contributed by atoms with Crippen LogP contribution in [-0.2, 0) is 6.54 Å². The van der Waals surface area contributed by atoms with E-state index in [1.807, 2.05) is 18.3 Å². The number of halogens is 1. The Balaban J connectivity index is 1.48. The number of piperidine rings is 3. The zero-order valence-corrected chi connectivity index (χ0v) is 12.8. The Kier molecular flexibility index (Phi) is 3.48. The van der Waals surface area contributed by atoms with Crippen molar-refractivity contribution in [2.45, 2.75) is 19.4 Å². The molecule has 0 aliphatic carbocycles. The van der Waals surface area contributed by atoms with Crippen molar-refractivity contribution in [3.63, 3.8) is 0 Å². The molecule has 0 N–H and O–H groups in total. The first kappa shape index (κ1) is 13.4. The molecule has 3 fully saturated rings. The van der Waals surface area contributed by atoms with Gasteiger partial charge in [0.05, 0.1) is 6.20 Å². The molecule has 3 aliphatic rings. The third kappa shape index (κ3) is 2.72. The van der Waals surface area contributed by atoms with Gasteiger partial charge in [-0.25, -0.2) is 0 Å². The summed E-state index contributed by atoms with van der Waals surface area (Å²) < 4.78 is 2.12. The van der Waals surface area contributed by atoms with Crippen LogP contribution in [0.15, 0.2) is 36.7 Å². The molecule has 1 aromatic carbocycles. The molecule has 1 aromatic heterocycles. The number of fused-ring (bicyclic) bond motifs is 3. The molecular formula is C17H20ClN3. The summed E-state index contributed by atoms with van der Waals surface area (Å²) in [5.41, 5.74) is 2.35. The van der Waals surface area contributed by atoms with Crippen LogP contribution in [0.25, 0.3) is 11.1 Å². The number of nitrogens with zero attached hydrogens (tertiary/aromatic N) is 3. The average Bonchev–Trinajstić information content (AvgIpc) is 2.98. The fourth-order valence-corrected chi connectivity index (χ4v) is 3.92. The third-order valence-electron chi connectivity index (χ3n) is 5.02. The Morgan fingerprint density at radius 2 is 1.86 bits per heavy atom. The van der Waals surface area contributed by atoms with Crippen molar-refractivity contribution in [3.8, 4) is 11.1 Å². The van der Waals surface area contributed by atoms with Crippen LogP contribution in [0.2, 0.25) is 5.02 Å². The molecule has 110 valence electrons. The summed E-state index contributed by atoms with van der Waals surface area (Å²) in [4.78, 5) is 2.61. The van der Waals surface area contributed by atoms with E-state index in [-0.39, 0.29) is 0 Å². The minimum absolute atomic E-state index is 0.769. The molecule has 1 atom stereocenters. The Morgan fingerprint density at radius 1 is 1.10 bits per heavy atom. The highest BCUT2D eigenvalue weighted by Crippen LogP contribution is 2.33. The predicted molar refractivity (Wildman–Crippen MR) is 85.3 cm³/mol. The highest BCUT2D eigenvalue weighted by molar-refractivity contribution is 6.30. The summed E-state index contributed by atoms with van der Waals surface area (Å²) >= 11 is 5.94. The average molecular weight is 302 g/mol. The third-order valence-corrected chi connectivity index (χ3v) is 5.28. The second kappa shape index (κ2) is 5.47. The first-order valence-corrected chi connectivity index (χ1v) is 8.16. The molecule has 5 rings (SSSR count). The maximum atomic E-state index is 5.94. The smallest absolute Gasteiger partial charge is 0.0568 e. The summed E-state index contributed by atoms with van der Waals surface area (Å²) in [6.07, 6.45) is 6.87. The quantitative estimate of drug-likeness (QED) is 0.864. The molecule has 3 saturated heterocycles. The van der Waals surface area contributed by atoms with Crippen LogP contribution in [0.3, 0.4) is 0 Å². The zero-order valence-electron chi connectivity index (χ0n) is 12.1. The van der Waals surface area contributed by atoms with Gasteiger partial charge in [0.25, 0.3) is 0 Å². The van der Waals surface area contributed by atoms with Gasteiger partial charge in [-0.05, 0) is 55.5 Å². The van der Waals surface area contributed by atoms with Crippen molar-refractivity contribution in [2.75, 3.05) is 19.6 Å². The summed E-state index contributed by atoms with van der Waals surface area (Å²) in [5, 5.41) is 5.33. The lowest BCUT2D eigenvalue weighted by Gasteiger charge is -2.44. The van der Waals surface area contributed by atoms with E-state index in [0.29, 0.717) is 0 Å². The molecule has 3 nitrogen and oxygen atoms in total. The fraction of sp³-hybridized carbons (Fsp3) is 0.471. The van der Waals surface area contributed by atoms with E-state index in [1.165, 1.54) is 43.6 Å². The van der Waals surface area contributed by atoms with E-state index in [4.69, 9.17) is 11.6 Å². The number of rotatable bonds is 3. The van der Waals surface area contributed by atoms with E-state index >= 15 is 0 Å². The number of hydrogen-bond donors (Lipinski definition) is 0. The molecule has 2 aromatic rings. The van der Waals surface area contributed by atoms with Gasteiger partial charge in [0, 0.05) is 29.9 Å². The summed E-state index contributed by atoms with van der Waals surface area (Å²) in [6, 6.07) is 7.97. The zero-order chi connectivity index (χ0) is 14.2. The second-order valence-electron chi connectivity index (χ2n) is 6.36. The van der Waals surface area contributed by atoms with Crippen LogP contribution in [-0.4, -0.2) is 34.3 Å². The van der Waals surface area contributed by atoms with Gasteiger partial charge in [-0.1, -0.05) is 23.7 Å². The van der Waals surface area contributed by atoms with Gasteiger partial charge in [0.2, 0.25) is 0 Å². The van der Waals surface area contributed by atoms with E-state index in [2.05, 4.69) is 33.0 Å². The first-order chi connectivity index (χ1) is 10.3. The fourth-order valence-electron chi connectivity index (χ4n) is 3.79.